The van der Waals surface area contributed by atoms with E-state index in [2.05, 4.69) is 5.32 Å². The Bertz CT molecular complexity index is 205. The summed E-state index contributed by atoms with van der Waals surface area (Å²) in [5.41, 5.74) is 4.90. The maximum atomic E-state index is 11.0. The smallest absolute Gasteiger partial charge is 0.323 e. The highest BCUT2D eigenvalue weighted by Gasteiger charge is 2.31. The molecule has 1 rings (SSSR count). The first-order valence-electron chi connectivity index (χ1n) is 3.82. The van der Waals surface area contributed by atoms with Crippen LogP contribution in [-0.2, 0) is 14.3 Å². The van der Waals surface area contributed by atoms with Crippen molar-refractivity contribution >= 4 is 11.9 Å². The number of ether oxygens (including phenoxy) is 1. The van der Waals surface area contributed by atoms with E-state index in [1.807, 2.05) is 6.92 Å². The average Bonchev–Trinajstić information content (AvgIpc) is 2.26. The SMILES string of the molecule is CC1CC(NCC(N)=O)C(=O)O1. The van der Waals surface area contributed by atoms with Crippen LogP contribution in [0.25, 0.3) is 0 Å². The Kier molecular flexibility index (Phi) is 2.65. The van der Waals surface area contributed by atoms with E-state index in [0.29, 0.717) is 6.42 Å². The van der Waals surface area contributed by atoms with E-state index in [1.54, 1.807) is 0 Å². The highest BCUT2D eigenvalue weighted by atomic mass is 16.6. The van der Waals surface area contributed by atoms with Gasteiger partial charge in [-0.25, -0.2) is 0 Å². The monoisotopic (exact) mass is 172 g/mol. The van der Waals surface area contributed by atoms with Crippen LogP contribution in [0.5, 0.6) is 0 Å². The number of primary amides is 1. The Hall–Kier alpha value is -1.10. The minimum absolute atomic E-state index is 0.0203. The van der Waals surface area contributed by atoms with Crippen LogP contribution in [0.1, 0.15) is 13.3 Å². The van der Waals surface area contributed by atoms with E-state index in [9.17, 15) is 9.59 Å². The Labute approximate surface area is 70.2 Å². The summed E-state index contributed by atoms with van der Waals surface area (Å²) in [6, 6.07) is -0.368. The Morgan fingerprint density at radius 3 is 2.92 bits per heavy atom. The molecule has 3 N–H and O–H groups in total. The highest BCUT2D eigenvalue weighted by molar-refractivity contribution is 5.80. The highest BCUT2D eigenvalue weighted by Crippen LogP contribution is 2.13. The quantitative estimate of drug-likeness (QED) is 0.522. The second kappa shape index (κ2) is 3.53. The number of hydrogen-bond donors (Lipinski definition) is 2. The Morgan fingerprint density at radius 1 is 1.83 bits per heavy atom. The predicted molar refractivity (Wildman–Crippen MR) is 41.2 cm³/mol. The molecule has 0 spiro atoms. The van der Waals surface area contributed by atoms with Crippen LogP contribution in [0.4, 0.5) is 0 Å². The van der Waals surface area contributed by atoms with Gasteiger partial charge in [-0.3, -0.25) is 14.9 Å². The summed E-state index contributed by atoms with van der Waals surface area (Å²) in [5, 5.41) is 2.71. The standard InChI is InChI=1S/C7H12N2O3/c1-4-2-5(7(11)12-4)9-3-6(8)10/h4-5,9H,2-3H2,1H3,(H2,8,10). The minimum atomic E-state index is -0.470. The first-order chi connectivity index (χ1) is 5.59. The third kappa shape index (κ3) is 2.20. The van der Waals surface area contributed by atoms with Gasteiger partial charge >= 0.3 is 5.97 Å². The summed E-state index contributed by atoms with van der Waals surface area (Å²) >= 11 is 0. The molecular formula is C7H12N2O3. The lowest BCUT2D eigenvalue weighted by Crippen LogP contribution is -2.39. The van der Waals surface area contributed by atoms with E-state index < -0.39 is 5.91 Å². The predicted octanol–water partition coefficient (Wildman–Crippen LogP) is -1.23. The van der Waals surface area contributed by atoms with Crippen LogP contribution in [0.2, 0.25) is 0 Å². The van der Waals surface area contributed by atoms with Crippen LogP contribution in [-0.4, -0.2) is 30.6 Å². The topological polar surface area (TPSA) is 81.4 Å². The molecule has 12 heavy (non-hydrogen) atoms. The fourth-order valence-corrected chi connectivity index (χ4v) is 1.15. The van der Waals surface area contributed by atoms with Crippen molar-refractivity contribution in [1.82, 2.24) is 5.32 Å². The van der Waals surface area contributed by atoms with E-state index in [0.717, 1.165) is 0 Å². The second-order valence-corrected chi connectivity index (χ2v) is 2.88. The lowest BCUT2D eigenvalue weighted by atomic mass is 10.2. The van der Waals surface area contributed by atoms with Crippen LogP contribution in [0.3, 0.4) is 0 Å². The van der Waals surface area contributed by atoms with Gasteiger partial charge < -0.3 is 10.5 Å². The minimum Gasteiger partial charge on any atom is -0.461 e. The van der Waals surface area contributed by atoms with E-state index in [4.69, 9.17) is 10.5 Å². The van der Waals surface area contributed by atoms with Crippen molar-refractivity contribution in [2.75, 3.05) is 6.54 Å². The van der Waals surface area contributed by atoms with Crippen LogP contribution >= 0.6 is 0 Å². The van der Waals surface area contributed by atoms with Gasteiger partial charge in [-0.05, 0) is 6.92 Å². The largest absolute Gasteiger partial charge is 0.461 e. The molecule has 1 aliphatic heterocycles. The first kappa shape index (κ1) is 8.99. The number of cyclic esters (lactones) is 1. The molecule has 2 atom stereocenters. The molecule has 0 aromatic rings. The maximum absolute atomic E-state index is 11.0. The zero-order valence-electron chi connectivity index (χ0n) is 6.87. The fourth-order valence-electron chi connectivity index (χ4n) is 1.15. The molecule has 1 heterocycles. The summed E-state index contributed by atoms with van der Waals surface area (Å²) in [6.45, 7) is 1.83. The molecule has 5 nitrogen and oxygen atoms in total. The lowest BCUT2D eigenvalue weighted by Gasteiger charge is -2.04. The summed E-state index contributed by atoms with van der Waals surface area (Å²) in [4.78, 5) is 21.3. The molecule has 68 valence electrons. The molecule has 5 heteroatoms. The molecule has 1 aliphatic rings. The summed E-state index contributed by atoms with van der Waals surface area (Å²) in [7, 11) is 0. The zero-order valence-corrected chi connectivity index (χ0v) is 6.87. The zero-order chi connectivity index (χ0) is 9.14. The number of nitrogens with one attached hydrogen (secondary N) is 1. The van der Waals surface area contributed by atoms with Gasteiger partial charge in [-0.15, -0.1) is 0 Å². The van der Waals surface area contributed by atoms with E-state index in [1.165, 1.54) is 0 Å². The van der Waals surface area contributed by atoms with Crippen molar-refractivity contribution in [1.29, 1.82) is 0 Å². The van der Waals surface area contributed by atoms with Gasteiger partial charge in [0.05, 0.1) is 6.54 Å². The van der Waals surface area contributed by atoms with Gasteiger partial charge in [-0.2, -0.15) is 0 Å². The van der Waals surface area contributed by atoms with Crippen molar-refractivity contribution in [3.05, 3.63) is 0 Å². The average molecular weight is 172 g/mol. The van der Waals surface area contributed by atoms with Crippen LogP contribution < -0.4 is 11.1 Å². The molecular weight excluding hydrogens is 160 g/mol. The first-order valence-corrected chi connectivity index (χ1v) is 3.82. The molecule has 1 amide bonds. The number of nitrogens with two attached hydrogens (primary N) is 1. The van der Waals surface area contributed by atoms with Crippen LogP contribution in [0, 0.1) is 0 Å². The number of carbonyl (C=O) groups excluding carboxylic acids is 2. The van der Waals surface area contributed by atoms with Gasteiger partial charge in [0, 0.05) is 6.42 Å². The van der Waals surface area contributed by atoms with Crippen molar-refractivity contribution in [3.63, 3.8) is 0 Å². The number of rotatable bonds is 3. The second-order valence-electron chi connectivity index (χ2n) is 2.88. The van der Waals surface area contributed by atoms with Crippen LogP contribution in [0.15, 0.2) is 0 Å². The third-order valence-electron chi connectivity index (χ3n) is 1.69. The molecule has 0 aliphatic carbocycles. The maximum Gasteiger partial charge on any atom is 0.323 e. The third-order valence-corrected chi connectivity index (χ3v) is 1.69. The molecule has 0 aromatic carbocycles. The van der Waals surface area contributed by atoms with Gasteiger partial charge in [0.25, 0.3) is 0 Å². The van der Waals surface area contributed by atoms with Crippen molar-refractivity contribution in [2.24, 2.45) is 5.73 Å². The van der Waals surface area contributed by atoms with Crippen molar-refractivity contribution < 1.29 is 14.3 Å². The van der Waals surface area contributed by atoms with Gasteiger partial charge in [0.15, 0.2) is 0 Å². The number of carbonyl (C=O) groups is 2. The van der Waals surface area contributed by atoms with Gasteiger partial charge in [0.1, 0.15) is 12.1 Å². The normalized spacial score (nSPS) is 28.6. The van der Waals surface area contributed by atoms with Gasteiger partial charge in [0.2, 0.25) is 5.91 Å². The van der Waals surface area contributed by atoms with E-state index >= 15 is 0 Å². The summed E-state index contributed by atoms with van der Waals surface area (Å²) in [5.74, 6) is -0.772. The molecule has 1 fully saturated rings. The molecule has 1 saturated heterocycles. The van der Waals surface area contributed by atoms with Crippen molar-refractivity contribution in [3.8, 4) is 0 Å². The molecule has 0 aromatic heterocycles. The lowest BCUT2D eigenvalue weighted by molar-refractivity contribution is -0.142. The molecule has 0 bridgehead atoms. The summed E-state index contributed by atoms with van der Waals surface area (Å²) in [6.07, 6.45) is 0.537. The Morgan fingerprint density at radius 2 is 2.50 bits per heavy atom. The number of esters is 1. The fraction of sp³-hybridized carbons (Fsp3) is 0.714. The van der Waals surface area contributed by atoms with Gasteiger partial charge in [-0.1, -0.05) is 0 Å². The summed E-state index contributed by atoms with van der Waals surface area (Å²) < 4.78 is 4.85. The number of amides is 1. The molecule has 2 unspecified atom stereocenters. The molecule has 0 saturated carbocycles. The van der Waals surface area contributed by atoms with E-state index in [-0.39, 0.29) is 24.7 Å². The molecule has 0 radical (unpaired) electrons. The van der Waals surface area contributed by atoms with Crippen molar-refractivity contribution in [2.45, 2.75) is 25.5 Å². The Balaban J connectivity index is 2.33. The number of hydrogen-bond acceptors (Lipinski definition) is 4.